The number of amides is 1. The molecule has 1 aromatic carbocycles. The molecule has 8 heteroatoms. The molecule has 0 radical (unpaired) electrons. The van der Waals surface area contributed by atoms with Crippen molar-refractivity contribution in [3.8, 4) is 0 Å². The lowest BCUT2D eigenvalue weighted by Crippen LogP contribution is -2.44. The number of nitrogens with zero attached hydrogens (tertiary/aromatic N) is 4. The lowest BCUT2D eigenvalue weighted by atomic mass is 9.90. The van der Waals surface area contributed by atoms with E-state index in [1.54, 1.807) is 0 Å². The maximum Gasteiger partial charge on any atom is 0.223 e. The van der Waals surface area contributed by atoms with E-state index in [1.165, 1.54) is 23.1 Å². The molecule has 1 atom stereocenters. The highest BCUT2D eigenvalue weighted by Gasteiger charge is 2.34. The van der Waals surface area contributed by atoms with Crippen molar-refractivity contribution in [3.63, 3.8) is 0 Å². The Morgan fingerprint density at radius 2 is 1.71 bits per heavy atom. The van der Waals surface area contributed by atoms with Gasteiger partial charge in [0.2, 0.25) is 5.91 Å². The standard InChI is InChI=1S/C31H35BrClN5O.C3H8/c32-25-17-24-5-4-23-18-26(33)6-7-27(23)30(29(24)35-20-25)38-15-10-22(11-16-38)31(39)36-19-21-8-13-37(14-9-21)28-3-1-2-12-34-28;1-3-2/h1-3,6-7,12,17-18,20-22,30H,4-5,8-11,13-16,19H2,(H,36,39);3H2,1-2H3. The van der Waals surface area contributed by atoms with E-state index in [4.69, 9.17) is 16.6 Å². The van der Waals surface area contributed by atoms with Crippen molar-refractivity contribution in [1.29, 1.82) is 0 Å². The topological polar surface area (TPSA) is 61.4 Å². The minimum atomic E-state index is 0.0719. The van der Waals surface area contributed by atoms with Crippen molar-refractivity contribution in [2.24, 2.45) is 11.8 Å². The highest BCUT2D eigenvalue weighted by Crippen LogP contribution is 2.39. The lowest BCUT2D eigenvalue weighted by Gasteiger charge is -2.38. The molecule has 1 N–H and O–H groups in total. The summed E-state index contributed by atoms with van der Waals surface area (Å²) in [5, 5.41) is 4.08. The molecule has 42 heavy (non-hydrogen) atoms. The second-order valence-corrected chi connectivity index (χ2v) is 13.2. The predicted octanol–water partition coefficient (Wildman–Crippen LogP) is 7.24. The number of piperidine rings is 2. The average molecular weight is 653 g/mol. The Hall–Kier alpha value is -2.48. The second-order valence-electron chi connectivity index (χ2n) is 11.8. The Labute approximate surface area is 264 Å². The summed E-state index contributed by atoms with van der Waals surface area (Å²) < 4.78 is 1.02. The van der Waals surface area contributed by atoms with Crippen LogP contribution in [-0.4, -0.2) is 53.5 Å². The van der Waals surface area contributed by atoms with Crippen molar-refractivity contribution in [2.45, 2.75) is 64.8 Å². The zero-order chi connectivity index (χ0) is 29.5. The number of anilines is 1. The van der Waals surface area contributed by atoms with Crippen LogP contribution in [0.4, 0.5) is 5.82 Å². The normalized spacial score (nSPS) is 19.6. The number of rotatable bonds is 5. The third-order valence-corrected chi connectivity index (χ3v) is 9.38. The summed E-state index contributed by atoms with van der Waals surface area (Å²) in [5.41, 5.74) is 5.03. The van der Waals surface area contributed by atoms with Crippen LogP contribution in [0.15, 0.2) is 59.3 Å². The molecule has 6 nitrogen and oxygen atoms in total. The second kappa shape index (κ2) is 14.8. The van der Waals surface area contributed by atoms with Crippen LogP contribution in [0.2, 0.25) is 5.02 Å². The summed E-state index contributed by atoms with van der Waals surface area (Å²) in [5.74, 6) is 1.88. The van der Waals surface area contributed by atoms with Gasteiger partial charge in [-0.1, -0.05) is 44.0 Å². The maximum absolute atomic E-state index is 13.2. The molecule has 2 fully saturated rings. The average Bonchev–Trinajstić information content (AvgIpc) is 3.17. The van der Waals surface area contributed by atoms with Gasteiger partial charge in [-0.2, -0.15) is 0 Å². The Morgan fingerprint density at radius 1 is 0.976 bits per heavy atom. The highest BCUT2D eigenvalue weighted by molar-refractivity contribution is 9.10. The quantitative estimate of drug-likeness (QED) is 0.315. The van der Waals surface area contributed by atoms with Gasteiger partial charge in [0.05, 0.1) is 11.7 Å². The molecule has 1 amide bonds. The predicted molar refractivity (Wildman–Crippen MR) is 175 cm³/mol. The van der Waals surface area contributed by atoms with E-state index in [2.05, 4.69) is 74.1 Å². The van der Waals surface area contributed by atoms with Gasteiger partial charge >= 0.3 is 0 Å². The first-order valence-electron chi connectivity index (χ1n) is 15.6. The van der Waals surface area contributed by atoms with Crippen molar-refractivity contribution < 1.29 is 4.79 Å². The summed E-state index contributed by atoms with van der Waals surface area (Å²) in [6, 6.07) is 14.7. The van der Waals surface area contributed by atoms with Crippen molar-refractivity contribution >= 4 is 39.3 Å². The molecule has 1 aliphatic carbocycles. The summed E-state index contributed by atoms with van der Waals surface area (Å²) in [7, 11) is 0. The van der Waals surface area contributed by atoms with Crippen LogP contribution in [0.5, 0.6) is 0 Å². The molecule has 1 unspecified atom stereocenters. The number of hydrogen-bond acceptors (Lipinski definition) is 5. The lowest BCUT2D eigenvalue weighted by molar-refractivity contribution is -0.126. The van der Waals surface area contributed by atoms with E-state index in [0.29, 0.717) is 5.92 Å². The fourth-order valence-corrected chi connectivity index (χ4v) is 7.07. The number of halogens is 2. The van der Waals surface area contributed by atoms with Crippen LogP contribution in [-0.2, 0) is 17.6 Å². The fraction of sp³-hybridized carbons (Fsp3) is 0.500. The molecule has 0 spiro atoms. The summed E-state index contributed by atoms with van der Waals surface area (Å²) >= 11 is 10.0. The van der Waals surface area contributed by atoms with Gasteiger partial charge in [0.25, 0.3) is 0 Å². The first kappa shape index (κ1) is 31.0. The number of carbonyl (C=O) groups excluding carboxylic acids is 1. The van der Waals surface area contributed by atoms with E-state index >= 15 is 0 Å². The number of aromatic nitrogens is 2. The van der Waals surface area contributed by atoms with Gasteiger partial charge in [0.1, 0.15) is 5.82 Å². The Kier molecular flexibility index (Phi) is 10.9. The zero-order valence-electron chi connectivity index (χ0n) is 24.9. The molecule has 0 bridgehead atoms. The molecule has 2 aliphatic heterocycles. The van der Waals surface area contributed by atoms with E-state index in [9.17, 15) is 4.79 Å². The molecule has 3 aliphatic rings. The number of carbonyl (C=O) groups is 1. The molecule has 4 heterocycles. The van der Waals surface area contributed by atoms with Crippen LogP contribution >= 0.6 is 27.5 Å². The van der Waals surface area contributed by atoms with Crippen molar-refractivity contribution in [3.05, 3.63) is 86.7 Å². The number of hydrogen-bond donors (Lipinski definition) is 1. The third-order valence-electron chi connectivity index (χ3n) is 8.71. The van der Waals surface area contributed by atoms with Gasteiger partial charge in [-0.3, -0.25) is 14.7 Å². The Bertz CT molecular complexity index is 1270. The minimum absolute atomic E-state index is 0.0719. The Morgan fingerprint density at radius 3 is 2.43 bits per heavy atom. The summed E-state index contributed by atoms with van der Waals surface area (Å²) in [6.07, 6.45) is 10.8. The number of nitrogens with one attached hydrogen (secondary N) is 1. The van der Waals surface area contributed by atoms with E-state index in [0.717, 1.165) is 92.3 Å². The van der Waals surface area contributed by atoms with Crippen LogP contribution < -0.4 is 10.2 Å². The zero-order valence-corrected chi connectivity index (χ0v) is 27.2. The minimum Gasteiger partial charge on any atom is -0.357 e. The van der Waals surface area contributed by atoms with Gasteiger partial charge in [-0.25, -0.2) is 4.98 Å². The van der Waals surface area contributed by atoms with Crippen LogP contribution in [0.25, 0.3) is 0 Å². The fourth-order valence-electron chi connectivity index (χ4n) is 6.50. The van der Waals surface area contributed by atoms with Crippen molar-refractivity contribution in [1.82, 2.24) is 20.2 Å². The first-order chi connectivity index (χ1) is 20.5. The van der Waals surface area contributed by atoms with Crippen molar-refractivity contribution in [2.75, 3.05) is 37.6 Å². The number of fused-ring (bicyclic) bond motifs is 2. The van der Waals surface area contributed by atoms with Gasteiger partial charge in [-0.15, -0.1) is 0 Å². The number of benzene rings is 1. The van der Waals surface area contributed by atoms with E-state index in [-0.39, 0.29) is 17.9 Å². The summed E-state index contributed by atoms with van der Waals surface area (Å²) in [4.78, 5) is 27.4. The number of likely N-dealkylation sites (tertiary alicyclic amines) is 1. The van der Waals surface area contributed by atoms with Crippen LogP contribution in [0.3, 0.4) is 0 Å². The van der Waals surface area contributed by atoms with Crippen LogP contribution in [0.1, 0.15) is 74.4 Å². The third kappa shape index (κ3) is 7.53. The largest absolute Gasteiger partial charge is 0.357 e. The highest BCUT2D eigenvalue weighted by atomic mass is 79.9. The molecule has 6 rings (SSSR count). The molecule has 224 valence electrons. The van der Waals surface area contributed by atoms with Gasteiger partial charge in [0, 0.05) is 47.4 Å². The number of aryl methyl sites for hydroxylation is 2. The monoisotopic (exact) mass is 651 g/mol. The first-order valence-corrected chi connectivity index (χ1v) is 16.7. The molecular formula is C34H43BrClN5O. The van der Waals surface area contributed by atoms with Crippen LogP contribution in [0, 0.1) is 11.8 Å². The van der Waals surface area contributed by atoms with E-state index in [1.807, 2.05) is 30.6 Å². The molecule has 2 saturated heterocycles. The smallest absolute Gasteiger partial charge is 0.223 e. The van der Waals surface area contributed by atoms with Gasteiger partial charge < -0.3 is 10.2 Å². The number of pyridine rings is 2. The van der Waals surface area contributed by atoms with Gasteiger partial charge in [-0.05, 0) is 120 Å². The van der Waals surface area contributed by atoms with E-state index < -0.39 is 0 Å². The van der Waals surface area contributed by atoms with Gasteiger partial charge in [0.15, 0.2) is 0 Å². The SMILES string of the molecule is CCC.O=C(NCC1CCN(c2ccccn2)CC1)C1CCN(C2c3ccc(Cl)cc3CCc3cc(Br)cnc32)CC1. The maximum atomic E-state index is 13.2. The molecule has 0 saturated carbocycles. The molecular weight excluding hydrogens is 610 g/mol. The summed E-state index contributed by atoms with van der Waals surface area (Å²) in [6.45, 7) is 8.78. The Balaban J connectivity index is 0.00000113. The molecule has 2 aromatic heterocycles. The molecule has 3 aromatic rings.